The van der Waals surface area contributed by atoms with Crippen LogP contribution < -0.4 is 5.32 Å². The van der Waals surface area contributed by atoms with E-state index in [1.165, 1.54) is 12.0 Å². The molecule has 0 aromatic heterocycles. The summed E-state index contributed by atoms with van der Waals surface area (Å²) in [5, 5.41) is 4.42. The molecule has 21 heavy (non-hydrogen) atoms. The minimum atomic E-state index is -2.82. The molecule has 1 aliphatic heterocycles. The largest absolute Gasteiger partial charge is 0.307 e. The minimum absolute atomic E-state index is 0.0335. The van der Waals surface area contributed by atoms with E-state index < -0.39 is 9.84 Å². The summed E-state index contributed by atoms with van der Waals surface area (Å²) in [6, 6.07) is 8.05. The summed E-state index contributed by atoms with van der Waals surface area (Å²) in [4.78, 5) is 0. The average Bonchev–Trinajstić information content (AvgIpc) is 2.38. The average molecular weight is 328 g/mol. The molecule has 1 aliphatic carbocycles. The van der Waals surface area contributed by atoms with Gasteiger partial charge in [-0.2, -0.15) is 0 Å². The predicted octanol–water partition coefficient (Wildman–Crippen LogP) is 3.13. The summed E-state index contributed by atoms with van der Waals surface area (Å²) in [5.41, 5.74) is 1.31. The van der Waals surface area contributed by atoms with Crippen molar-refractivity contribution in [2.24, 2.45) is 5.92 Å². The predicted molar refractivity (Wildman–Crippen MR) is 86.4 cm³/mol. The van der Waals surface area contributed by atoms with Crippen molar-refractivity contribution >= 4 is 21.4 Å². The van der Waals surface area contributed by atoms with E-state index in [0.29, 0.717) is 11.5 Å². The van der Waals surface area contributed by atoms with Crippen LogP contribution in [-0.4, -0.2) is 26.5 Å². The SMILES string of the molecule is O=S1(=O)CCC[C@@H](CNC2(c3ccc(Cl)cc3)CCC2)C1. The maximum atomic E-state index is 11.7. The van der Waals surface area contributed by atoms with Crippen molar-refractivity contribution in [3.8, 4) is 0 Å². The monoisotopic (exact) mass is 327 g/mol. The van der Waals surface area contributed by atoms with Crippen molar-refractivity contribution in [1.29, 1.82) is 0 Å². The third-order valence-electron chi connectivity index (χ3n) is 4.89. The fourth-order valence-corrected chi connectivity index (χ4v) is 5.39. The van der Waals surface area contributed by atoms with Gasteiger partial charge in [0.15, 0.2) is 9.84 Å². The molecule has 1 saturated carbocycles. The number of hydrogen-bond acceptors (Lipinski definition) is 3. The van der Waals surface area contributed by atoms with Crippen LogP contribution in [0, 0.1) is 5.92 Å². The zero-order valence-corrected chi connectivity index (χ0v) is 13.7. The van der Waals surface area contributed by atoms with Gasteiger partial charge in [0.2, 0.25) is 0 Å². The van der Waals surface area contributed by atoms with Crippen LogP contribution in [0.25, 0.3) is 0 Å². The Kier molecular flexibility index (Phi) is 4.30. The fourth-order valence-electron chi connectivity index (χ4n) is 3.49. The van der Waals surface area contributed by atoms with Gasteiger partial charge in [-0.15, -0.1) is 0 Å². The van der Waals surface area contributed by atoms with Gasteiger partial charge in [0, 0.05) is 10.6 Å². The van der Waals surface area contributed by atoms with E-state index in [4.69, 9.17) is 11.6 Å². The highest BCUT2D eigenvalue weighted by molar-refractivity contribution is 7.91. The van der Waals surface area contributed by atoms with Crippen LogP contribution in [0.5, 0.6) is 0 Å². The molecule has 3 rings (SSSR count). The van der Waals surface area contributed by atoms with Crippen LogP contribution in [-0.2, 0) is 15.4 Å². The topological polar surface area (TPSA) is 46.2 Å². The van der Waals surface area contributed by atoms with Crippen LogP contribution in [0.2, 0.25) is 5.02 Å². The molecular formula is C16H22ClNO2S. The molecule has 1 saturated heterocycles. The smallest absolute Gasteiger partial charge is 0.150 e. The molecular weight excluding hydrogens is 306 g/mol. The standard InChI is InChI=1S/C16H22ClNO2S/c17-15-6-4-14(5-7-15)16(8-2-9-16)18-11-13-3-1-10-21(19,20)12-13/h4-7,13,18H,1-3,8-12H2/t13-/m0/s1. The van der Waals surface area contributed by atoms with Gasteiger partial charge in [-0.05, 0) is 62.3 Å². The van der Waals surface area contributed by atoms with Crippen molar-refractivity contribution in [1.82, 2.24) is 5.32 Å². The van der Waals surface area contributed by atoms with Gasteiger partial charge in [-0.3, -0.25) is 0 Å². The van der Waals surface area contributed by atoms with Crippen molar-refractivity contribution in [3.05, 3.63) is 34.9 Å². The van der Waals surface area contributed by atoms with E-state index in [2.05, 4.69) is 17.4 Å². The first-order valence-corrected chi connectivity index (χ1v) is 9.91. The maximum Gasteiger partial charge on any atom is 0.150 e. The van der Waals surface area contributed by atoms with Crippen LogP contribution in [0.15, 0.2) is 24.3 Å². The molecule has 1 N–H and O–H groups in total. The highest BCUT2D eigenvalue weighted by atomic mass is 35.5. The zero-order chi connectivity index (χ0) is 14.9. The van der Waals surface area contributed by atoms with Crippen molar-refractivity contribution in [2.75, 3.05) is 18.1 Å². The molecule has 1 aromatic rings. The van der Waals surface area contributed by atoms with E-state index in [-0.39, 0.29) is 11.5 Å². The van der Waals surface area contributed by atoms with Crippen LogP contribution in [0.4, 0.5) is 0 Å². The molecule has 0 amide bonds. The maximum absolute atomic E-state index is 11.7. The van der Waals surface area contributed by atoms with E-state index in [1.54, 1.807) is 0 Å². The van der Waals surface area contributed by atoms with E-state index in [1.807, 2.05) is 12.1 Å². The molecule has 0 radical (unpaired) electrons. The second-order valence-corrected chi connectivity index (χ2v) is 9.11. The lowest BCUT2D eigenvalue weighted by molar-refractivity contribution is 0.175. The second kappa shape index (κ2) is 5.90. The van der Waals surface area contributed by atoms with E-state index in [9.17, 15) is 8.42 Å². The molecule has 3 nitrogen and oxygen atoms in total. The molecule has 0 bridgehead atoms. The third-order valence-corrected chi connectivity index (χ3v) is 7.03. The Balaban J connectivity index is 1.66. The Morgan fingerprint density at radius 1 is 1.19 bits per heavy atom. The van der Waals surface area contributed by atoms with Crippen LogP contribution in [0.3, 0.4) is 0 Å². The van der Waals surface area contributed by atoms with Gasteiger partial charge in [0.1, 0.15) is 0 Å². The Morgan fingerprint density at radius 3 is 2.48 bits per heavy atom. The van der Waals surface area contributed by atoms with Gasteiger partial charge in [0.05, 0.1) is 11.5 Å². The Bertz CT molecular complexity index is 593. The van der Waals surface area contributed by atoms with Gasteiger partial charge < -0.3 is 5.32 Å². The summed E-state index contributed by atoms with van der Waals surface area (Å²) < 4.78 is 23.5. The Hall–Kier alpha value is -0.580. The first-order valence-electron chi connectivity index (χ1n) is 7.71. The van der Waals surface area contributed by atoms with Gasteiger partial charge in [-0.25, -0.2) is 8.42 Å². The lowest BCUT2D eigenvalue weighted by atomic mass is 9.71. The number of nitrogens with one attached hydrogen (secondary N) is 1. The first kappa shape index (κ1) is 15.3. The molecule has 2 fully saturated rings. The number of sulfone groups is 1. The molecule has 0 unspecified atom stereocenters. The van der Waals surface area contributed by atoms with Crippen molar-refractivity contribution in [2.45, 2.75) is 37.6 Å². The Labute approximate surface area is 132 Å². The zero-order valence-electron chi connectivity index (χ0n) is 12.1. The summed E-state index contributed by atoms with van der Waals surface area (Å²) in [6.07, 6.45) is 5.28. The van der Waals surface area contributed by atoms with Gasteiger partial charge in [-0.1, -0.05) is 23.7 Å². The molecule has 1 atom stereocenters. The summed E-state index contributed by atoms with van der Waals surface area (Å²) in [5.74, 6) is 0.969. The molecule has 116 valence electrons. The highest BCUT2D eigenvalue weighted by Gasteiger charge is 2.39. The number of halogens is 1. The molecule has 0 spiro atoms. The van der Waals surface area contributed by atoms with Gasteiger partial charge in [0.25, 0.3) is 0 Å². The molecule has 5 heteroatoms. The quantitative estimate of drug-likeness (QED) is 0.924. The van der Waals surface area contributed by atoms with Crippen molar-refractivity contribution in [3.63, 3.8) is 0 Å². The minimum Gasteiger partial charge on any atom is -0.307 e. The Morgan fingerprint density at radius 2 is 1.90 bits per heavy atom. The number of hydrogen-bond donors (Lipinski definition) is 1. The van der Waals surface area contributed by atoms with E-state index in [0.717, 1.165) is 37.3 Å². The third kappa shape index (κ3) is 3.43. The summed E-state index contributed by atoms with van der Waals surface area (Å²) >= 11 is 5.97. The lowest BCUT2D eigenvalue weighted by Crippen LogP contribution is -2.50. The summed E-state index contributed by atoms with van der Waals surface area (Å²) in [6.45, 7) is 0.794. The first-order chi connectivity index (χ1) is 9.99. The number of benzene rings is 1. The highest BCUT2D eigenvalue weighted by Crippen LogP contribution is 2.41. The fraction of sp³-hybridized carbons (Fsp3) is 0.625. The molecule has 1 heterocycles. The van der Waals surface area contributed by atoms with Crippen molar-refractivity contribution < 1.29 is 8.42 Å². The molecule has 2 aliphatic rings. The second-order valence-electron chi connectivity index (χ2n) is 6.45. The lowest BCUT2D eigenvalue weighted by Gasteiger charge is -2.44. The van der Waals surface area contributed by atoms with Crippen LogP contribution in [0.1, 0.15) is 37.7 Å². The molecule has 1 aromatic carbocycles. The van der Waals surface area contributed by atoms with Crippen LogP contribution >= 0.6 is 11.6 Å². The van der Waals surface area contributed by atoms with Gasteiger partial charge >= 0.3 is 0 Å². The van der Waals surface area contributed by atoms with E-state index >= 15 is 0 Å². The number of rotatable bonds is 4. The normalized spacial score (nSPS) is 27.0. The summed E-state index contributed by atoms with van der Waals surface area (Å²) in [7, 11) is -2.82.